The van der Waals surface area contributed by atoms with Gasteiger partial charge in [0.15, 0.2) is 0 Å². The van der Waals surface area contributed by atoms with E-state index in [2.05, 4.69) is 71.4 Å². The lowest BCUT2D eigenvalue weighted by Crippen LogP contribution is -2.11. The van der Waals surface area contributed by atoms with Crippen molar-refractivity contribution in [2.24, 2.45) is 11.5 Å². The van der Waals surface area contributed by atoms with Crippen molar-refractivity contribution in [2.45, 2.75) is 13.0 Å². The Kier molecular flexibility index (Phi) is 5.21. The van der Waals surface area contributed by atoms with Crippen LogP contribution in [-0.4, -0.2) is 17.0 Å². The molecule has 158 valence electrons. The summed E-state index contributed by atoms with van der Waals surface area (Å²) in [7, 11) is 0. The molecule has 0 aliphatic carbocycles. The van der Waals surface area contributed by atoms with E-state index >= 15 is 0 Å². The lowest BCUT2D eigenvalue weighted by atomic mass is 9.96. The molecule has 0 aliphatic rings. The number of hydrogen-bond acceptors (Lipinski definition) is 2. The van der Waals surface area contributed by atoms with Crippen LogP contribution in [0.2, 0.25) is 0 Å². The van der Waals surface area contributed by atoms with Gasteiger partial charge in [-0.25, -0.2) is 0 Å². The van der Waals surface area contributed by atoms with Crippen molar-refractivity contribution >= 4 is 27.6 Å². The predicted octanol–water partition coefficient (Wildman–Crippen LogP) is 5.11. The zero-order chi connectivity index (χ0) is 22.1. The van der Waals surface area contributed by atoms with E-state index in [4.69, 9.17) is 11.5 Å². The average Bonchev–Trinajstić information content (AvgIpc) is 3.15. The highest BCUT2D eigenvalue weighted by Gasteiger charge is 2.12. The normalized spacial score (nSPS) is 11.3. The SMILES string of the molecule is NCCc1cn(Cc2cccc(C(N)=O)c2)c2ccc(-c3cccc4ccccc34)cc12. The molecule has 0 saturated carbocycles. The molecule has 32 heavy (non-hydrogen) atoms. The van der Waals surface area contributed by atoms with Gasteiger partial charge in [0.05, 0.1) is 0 Å². The van der Waals surface area contributed by atoms with Crippen LogP contribution in [0.4, 0.5) is 0 Å². The summed E-state index contributed by atoms with van der Waals surface area (Å²) in [4.78, 5) is 11.6. The molecule has 4 aromatic carbocycles. The van der Waals surface area contributed by atoms with Crippen LogP contribution >= 0.6 is 0 Å². The molecule has 0 radical (unpaired) electrons. The minimum atomic E-state index is -0.409. The Labute approximate surface area is 187 Å². The summed E-state index contributed by atoms with van der Waals surface area (Å²) in [5.41, 5.74) is 17.8. The summed E-state index contributed by atoms with van der Waals surface area (Å²) in [5.74, 6) is -0.409. The van der Waals surface area contributed by atoms with Gasteiger partial charge in [-0.2, -0.15) is 0 Å². The van der Waals surface area contributed by atoms with Crippen molar-refractivity contribution in [3.8, 4) is 11.1 Å². The number of nitrogens with two attached hydrogens (primary N) is 2. The summed E-state index contributed by atoms with van der Waals surface area (Å²) < 4.78 is 2.23. The second-order valence-corrected chi connectivity index (χ2v) is 8.14. The van der Waals surface area contributed by atoms with E-state index < -0.39 is 5.91 Å². The van der Waals surface area contributed by atoms with E-state index in [1.807, 2.05) is 18.2 Å². The molecule has 0 saturated heterocycles. The van der Waals surface area contributed by atoms with Gasteiger partial charge in [0.1, 0.15) is 0 Å². The molecule has 1 aromatic heterocycles. The number of aromatic nitrogens is 1. The molecular formula is C28H25N3O. The zero-order valence-electron chi connectivity index (χ0n) is 17.8. The molecule has 4 nitrogen and oxygen atoms in total. The molecule has 5 aromatic rings. The first-order valence-corrected chi connectivity index (χ1v) is 10.8. The van der Waals surface area contributed by atoms with Gasteiger partial charge >= 0.3 is 0 Å². The molecule has 1 heterocycles. The highest BCUT2D eigenvalue weighted by molar-refractivity contribution is 5.99. The molecule has 0 spiro atoms. The Hall–Kier alpha value is -3.89. The van der Waals surface area contributed by atoms with Crippen molar-refractivity contribution in [3.63, 3.8) is 0 Å². The maximum absolute atomic E-state index is 11.6. The molecule has 0 aliphatic heterocycles. The molecular weight excluding hydrogens is 394 g/mol. The Balaban J connectivity index is 1.61. The smallest absolute Gasteiger partial charge is 0.248 e. The quantitative estimate of drug-likeness (QED) is 0.401. The number of fused-ring (bicyclic) bond motifs is 2. The fraction of sp³-hybridized carbons (Fsp3) is 0.107. The molecule has 0 fully saturated rings. The van der Waals surface area contributed by atoms with Crippen LogP contribution in [0.1, 0.15) is 21.5 Å². The van der Waals surface area contributed by atoms with E-state index in [0.29, 0.717) is 18.7 Å². The minimum absolute atomic E-state index is 0.409. The second kappa shape index (κ2) is 8.33. The van der Waals surface area contributed by atoms with E-state index in [-0.39, 0.29) is 0 Å². The topological polar surface area (TPSA) is 74.0 Å². The Bertz CT molecular complexity index is 1440. The van der Waals surface area contributed by atoms with Gasteiger partial charge in [0.2, 0.25) is 5.91 Å². The van der Waals surface area contributed by atoms with Crippen molar-refractivity contribution in [1.29, 1.82) is 0 Å². The first kappa shape index (κ1) is 20.0. The third-order valence-electron chi connectivity index (χ3n) is 6.04. The highest BCUT2D eigenvalue weighted by atomic mass is 16.1. The highest BCUT2D eigenvalue weighted by Crippen LogP contribution is 2.33. The first-order valence-electron chi connectivity index (χ1n) is 10.8. The average molecular weight is 420 g/mol. The largest absolute Gasteiger partial charge is 0.366 e. The third kappa shape index (κ3) is 3.66. The van der Waals surface area contributed by atoms with Crippen molar-refractivity contribution in [1.82, 2.24) is 4.57 Å². The van der Waals surface area contributed by atoms with Crippen LogP contribution in [0.15, 0.2) is 91.1 Å². The molecule has 0 atom stereocenters. The number of carbonyl (C=O) groups excluding carboxylic acids is 1. The summed E-state index contributed by atoms with van der Waals surface area (Å²) in [6, 6.07) is 29.1. The van der Waals surface area contributed by atoms with Gasteiger partial charge in [-0.05, 0) is 70.3 Å². The molecule has 4 N–H and O–H groups in total. The Morgan fingerprint density at radius 2 is 1.66 bits per heavy atom. The number of amides is 1. The van der Waals surface area contributed by atoms with E-state index in [0.717, 1.165) is 17.5 Å². The number of carbonyl (C=O) groups is 1. The lowest BCUT2D eigenvalue weighted by Gasteiger charge is -2.09. The van der Waals surface area contributed by atoms with E-state index in [1.54, 1.807) is 6.07 Å². The number of primary amides is 1. The maximum atomic E-state index is 11.6. The number of rotatable bonds is 6. The second-order valence-electron chi connectivity index (χ2n) is 8.14. The monoisotopic (exact) mass is 419 g/mol. The predicted molar refractivity (Wildman–Crippen MR) is 132 cm³/mol. The minimum Gasteiger partial charge on any atom is -0.366 e. The van der Waals surface area contributed by atoms with Gasteiger partial charge < -0.3 is 16.0 Å². The number of nitrogens with zero attached hydrogens (tertiary/aromatic N) is 1. The standard InChI is InChI=1S/C28H25N3O/c29-14-13-23-18-31(17-19-5-3-8-22(15-19)28(30)32)27-12-11-21(16-26(23)27)25-10-4-7-20-6-1-2-9-24(20)25/h1-12,15-16,18H,13-14,17,29H2,(H2,30,32). The maximum Gasteiger partial charge on any atom is 0.248 e. The molecule has 0 unspecified atom stereocenters. The van der Waals surface area contributed by atoms with Crippen molar-refractivity contribution < 1.29 is 4.79 Å². The first-order chi connectivity index (χ1) is 15.6. The fourth-order valence-electron chi connectivity index (χ4n) is 4.52. The van der Waals surface area contributed by atoms with Gasteiger partial charge in [-0.15, -0.1) is 0 Å². The van der Waals surface area contributed by atoms with Crippen LogP contribution in [0.3, 0.4) is 0 Å². The van der Waals surface area contributed by atoms with Crippen LogP contribution in [0, 0.1) is 0 Å². The number of hydrogen-bond donors (Lipinski definition) is 2. The van der Waals surface area contributed by atoms with E-state index in [1.165, 1.54) is 32.8 Å². The molecule has 1 amide bonds. The van der Waals surface area contributed by atoms with E-state index in [9.17, 15) is 4.79 Å². The zero-order valence-corrected chi connectivity index (χ0v) is 17.8. The lowest BCUT2D eigenvalue weighted by molar-refractivity contribution is 0.1000. The van der Waals surface area contributed by atoms with Gasteiger partial charge in [-0.3, -0.25) is 4.79 Å². The van der Waals surface area contributed by atoms with Crippen molar-refractivity contribution in [2.75, 3.05) is 6.54 Å². The summed E-state index contributed by atoms with van der Waals surface area (Å²) in [6.45, 7) is 1.25. The van der Waals surface area contributed by atoms with Crippen LogP contribution in [-0.2, 0) is 13.0 Å². The van der Waals surface area contributed by atoms with Crippen LogP contribution in [0.25, 0.3) is 32.8 Å². The molecule has 5 rings (SSSR count). The van der Waals surface area contributed by atoms with Crippen molar-refractivity contribution in [3.05, 3.63) is 108 Å². The number of benzene rings is 4. The molecule has 4 heteroatoms. The fourth-order valence-corrected chi connectivity index (χ4v) is 4.52. The van der Waals surface area contributed by atoms with Gasteiger partial charge in [0.25, 0.3) is 0 Å². The Morgan fingerprint density at radius 1 is 0.844 bits per heavy atom. The Morgan fingerprint density at radius 3 is 2.50 bits per heavy atom. The van der Waals surface area contributed by atoms with Crippen LogP contribution < -0.4 is 11.5 Å². The summed E-state index contributed by atoms with van der Waals surface area (Å²) in [6.07, 6.45) is 2.99. The molecule has 0 bridgehead atoms. The van der Waals surface area contributed by atoms with Gasteiger partial charge in [0, 0.05) is 29.2 Å². The third-order valence-corrected chi connectivity index (χ3v) is 6.04. The summed E-state index contributed by atoms with van der Waals surface area (Å²) in [5, 5.41) is 3.70. The van der Waals surface area contributed by atoms with Gasteiger partial charge in [-0.1, -0.05) is 60.7 Å². The van der Waals surface area contributed by atoms with Crippen LogP contribution in [0.5, 0.6) is 0 Å². The summed E-state index contributed by atoms with van der Waals surface area (Å²) >= 11 is 0.